The highest BCUT2D eigenvalue weighted by atomic mass is 32.2. The van der Waals surface area contributed by atoms with Crippen molar-refractivity contribution in [1.29, 1.82) is 0 Å². The third kappa shape index (κ3) is 2.93. The van der Waals surface area contributed by atoms with Crippen molar-refractivity contribution in [1.82, 2.24) is 24.7 Å². The lowest BCUT2D eigenvalue weighted by Crippen LogP contribution is -2.65. The van der Waals surface area contributed by atoms with Gasteiger partial charge in [-0.3, -0.25) is 14.5 Å². The number of fused-ring (bicyclic) bond motifs is 1. The van der Waals surface area contributed by atoms with Crippen molar-refractivity contribution in [3.05, 3.63) is 18.0 Å². The van der Waals surface area contributed by atoms with E-state index in [1.807, 2.05) is 18.6 Å². The summed E-state index contributed by atoms with van der Waals surface area (Å²) in [4.78, 5) is 38.2. The molecule has 0 radical (unpaired) electrons. The van der Waals surface area contributed by atoms with Crippen molar-refractivity contribution in [2.45, 2.75) is 17.7 Å². The van der Waals surface area contributed by atoms with Crippen LogP contribution in [0.2, 0.25) is 0 Å². The van der Waals surface area contributed by atoms with Gasteiger partial charge in [0.05, 0.1) is 6.54 Å². The minimum atomic E-state index is -0.355. The molecule has 1 aromatic rings. The van der Waals surface area contributed by atoms with Crippen LogP contribution < -0.4 is 0 Å². The number of piperazine rings is 2. The first-order valence-corrected chi connectivity index (χ1v) is 8.42. The Balaban J connectivity index is 1.67. The van der Waals surface area contributed by atoms with Crippen molar-refractivity contribution < 1.29 is 9.59 Å². The van der Waals surface area contributed by atoms with Crippen LogP contribution in [0.25, 0.3) is 0 Å². The van der Waals surface area contributed by atoms with Crippen LogP contribution in [0.1, 0.15) is 5.56 Å². The Labute approximate surface area is 133 Å². The molecule has 8 heteroatoms. The Morgan fingerprint density at radius 3 is 2.68 bits per heavy atom. The highest BCUT2D eigenvalue weighted by Gasteiger charge is 2.41. The molecular weight excluding hydrogens is 302 g/mol. The van der Waals surface area contributed by atoms with Gasteiger partial charge in [0, 0.05) is 51.2 Å². The minimum Gasteiger partial charge on any atom is -0.335 e. The van der Waals surface area contributed by atoms with Crippen molar-refractivity contribution in [2.24, 2.45) is 0 Å². The number of carbonyl (C=O) groups excluding carboxylic acids is 2. The summed E-state index contributed by atoms with van der Waals surface area (Å²) in [5.74, 6) is 0.0673. The van der Waals surface area contributed by atoms with Gasteiger partial charge in [0.15, 0.2) is 5.16 Å². The molecule has 2 aliphatic rings. The van der Waals surface area contributed by atoms with Crippen LogP contribution in [-0.4, -0.2) is 82.0 Å². The fourth-order valence-corrected chi connectivity index (χ4v) is 3.22. The van der Waals surface area contributed by atoms with E-state index in [-0.39, 0.29) is 24.4 Å². The predicted molar refractivity (Wildman–Crippen MR) is 82.2 cm³/mol. The zero-order valence-corrected chi connectivity index (χ0v) is 13.5. The number of rotatable bonds is 3. The monoisotopic (exact) mass is 321 g/mol. The molecule has 7 nitrogen and oxygen atoms in total. The van der Waals surface area contributed by atoms with E-state index in [1.165, 1.54) is 16.7 Å². The van der Waals surface area contributed by atoms with Gasteiger partial charge >= 0.3 is 0 Å². The lowest BCUT2D eigenvalue weighted by atomic mass is 10.1. The average molecular weight is 321 g/mol. The van der Waals surface area contributed by atoms with E-state index in [9.17, 15) is 9.59 Å². The number of aromatic nitrogens is 2. The molecule has 2 saturated heterocycles. The SMILES string of the molecule is CSc1ncc(CN2CCN3C(=O)CN(C)C(=O)[C@H]3C2)cn1. The topological polar surface area (TPSA) is 69.6 Å². The van der Waals surface area contributed by atoms with Gasteiger partial charge in [-0.25, -0.2) is 9.97 Å². The van der Waals surface area contributed by atoms with Crippen molar-refractivity contribution in [3.63, 3.8) is 0 Å². The van der Waals surface area contributed by atoms with E-state index in [4.69, 9.17) is 0 Å². The number of carbonyl (C=O) groups is 2. The highest BCUT2D eigenvalue weighted by Crippen LogP contribution is 2.18. The molecular formula is C14H19N5O2S. The molecule has 1 atom stereocenters. The van der Waals surface area contributed by atoms with Crippen LogP contribution in [-0.2, 0) is 16.1 Å². The van der Waals surface area contributed by atoms with Crippen LogP contribution >= 0.6 is 11.8 Å². The average Bonchev–Trinajstić information content (AvgIpc) is 2.53. The summed E-state index contributed by atoms with van der Waals surface area (Å²) in [6.45, 7) is 2.83. The molecule has 1 aromatic heterocycles. The van der Waals surface area contributed by atoms with E-state index >= 15 is 0 Å². The van der Waals surface area contributed by atoms with Crippen molar-refractivity contribution in [3.8, 4) is 0 Å². The Morgan fingerprint density at radius 2 is 2.00 bits per heavy atom. The first kappa shape index (κ1) is 15.2. The van der Waals surface area contributed by atoms with E-state index < -0.39 is 0 Å². The Hall–Kier alpha value is -1.67. The van der Waals surface area contributed by atoms with Crippen LogP contribution in [0.3, 0.4) is 0 Å². The molecule has 0 saturated carbocycles. The summed E-state index contributed by atoms with van der Waals surface area (Å²) in [6, 6.07) is -0.355. The molecule has 0 aliphatic carbocycles. The summed E-state index contributed by atoms with van der Waals surface area (Å²) in [5, 5.41) is 0.753. The van der Waals surface area contributed by atoms with E-state index in [0.29, 0.717) is 19.6 Å². The van der Waals surface area contributed by atoms with Gasteiger partial charge < -0.3 is 9.80 Å². The lowest BCUT2D eigenvalue weighted by molar-refractivity contribution is -0.158. The number of hydrogen-bond donors (Lipinski definition) is 0. The van der Waals surface area contributed by atoms with Gasteiger partial charge in [0.25, 0.3) is 0 Å². The predicted octanol–water partition coefficient (Wildman–Crippen LogP) is -0.317. The zero-order valence-electron chi connectivity index (χ0n) is 12.7. The summed E-state index contributed by atoms with van der Waals surface area (Å²) >= 11 is 1.51. The second-order valence-corrected chi connectivity index (χ2v) is 6.38. The number of hydrogen-bond acceptors (Lipinski definition) is 6. The van der Waals surface area contributed by atoms with E-state index in [1.54, 1.807) is 11.9 Å². The fourth-order valence-electron chi connectivity index (χ4n) is 2.91. The molecule has 3 heterocycles. The summed E-state index contributed by atoms with van der Waals surface area (Å²) in [7, 11) is 1.69. The second kappa shape index (κ2) is 6.21. The quantitative estimate of drug-likeness (QED) is 0.561. The lowest BCUT2D eigenvalue weighted by Gasteiger charge is -2.45. The summed E-state index contributed by atoms with van der Waals surface area (Å²) < 4.78 is 0. The molecule has 2 aliphatic heterocycles. The standard InChI is InChI=1S/C14H19N5O2S/c1-17-9-12(20)19-4-3-18(8-11(19)13(17)21)7-10-5-15-14(22-2)16-6-10/h5-6,11H,3-4,7-9H2,1-2H3/t11-/m1/s1. The van der Waals surface area contributed by atoms with Crippen molar-refractivity contribution >= 4 is 23.6 Å². The van der Waals surface area contributed by atoms with Gasteiger partial charge in [0.1, 0.15) is 6.04 Å². The minimum absolute atomic E-state index is 0.0262. The van der Waals surface area contributed by atoms with Crippen LogP contribution in [0.5, 0.6) is 0 Å². The Morgan fingerprint density at radius 1 is 1.27 bits per heavy atom. The van der Waals surface area contributed by atoms with Gasteiger partial charge in [-0.2, -0.15) is 0 Å². The first-order valence-electron chi connectivity index (χ1n) is 7.20. The summed E-state index contributed by atoms with van der Waals surface area (Å²) in [5.41, 5.74) is 1.02. The van der Waals surface area contributed by atoms with Gasteiger partial charge in [-0.15, -0.1) is 0 Å². The number of thioether (sulfide) groups is 1. The molecule has 2 fully saturated rings. The molecule has 0 unspecified atom stereocenters. The Bertz CT molecular complexity index is 579. The maximum Gasteiger partial charge on any atom is 0.246 e. The molecule has 0 bridgehead atoms. The van der Waals surface area contributed by atoms with Crippen LogP contribution in [0.4, 0.5) is 0 Å². The number of nitrogens with zero attached hydrogens (tertiary/aromatic N) is 5. The highest BCUT2D eigenvalue weighted by molar-refractivity contribution is 7.98. The van der Waals surface area contributed by atoms with E-state index in [0.717, 1.165) is 17.3 Å². The second-order valence-electron chi connectivity index (χ2n) is 5.61. The maximum absolute atomic E-state index is 12.3. The van der Waals surface area contributed by atoms with E-state index in [2.05, 4.69) is 14.9 Å². The summed E-state index contributed by atoms with van der Waals surface area (Å²) in [6.07, 6.45) is 5.59. The largest absolute Gasteiger partial charge is 0.335 e. The smallest absolute Gasteiger partial charge is 0.246 e. The third-order valence-corrected chi connectivity index (χ3v) is 4.66. The van der Waals surface area contributed by atoms with Gasteiger partial charge in [-0.1, -0.05) is 11.8 Å². The van der Waals surface area contributed by atoms with Crippen LogP contribution in [0.15, 0.2) is 17.6 Å². The van der Waals surface area contributed by atoms with Crippen LogP contribution in [0, 0.1) is 0 Å². The maximum atomic E-state index is 12.3. The molecule has 118 valence electrons. The molecule has 3 rings (SSSR count). The molecule has 0 aromatic carbocycles. The first-order chi connectivity index (χ1) is 10.6. The normalized spacial score (nSPS) is 22.9. The fraction of sp³-hybridized carbons (Fsp3) is 0.571. The Kier molecular flexibility index (Phi) is 4.30. The molecule has 0 N–H and O–H groups in total. The van der Waals surface area contributed by atoms with Crippen molar-refractivity contribution in [2.75, 3.05) is 39.5 Å². The number of amides is 2. The van der Waals surface area contributed by atoms with Gasteiger partial charge in [0.2, 0.25) is 11.8 Å². The molecule has 0 spiro atoms. The molecule has 2 amide bonds. The third-order valence-electron chi connectivity index (χ3n) is 4.09. The zero-order chi connectivity index (χ0) is 15.7. The molecule has 22 heavy (non-hydrogen) atoms. The number of likely N-dealkylation sites (N-methyl/N-ethyl adjacent to an activating group) is 1. The van der Waals surface area contributed by atoms with Gasteiger partial charge in [-0.05, 0) is 6.26 Å².